The van der Waals surface area contributed by atoms with Crippen molar-refractivity contribution in [1.82, 2.24) is 0 Å². The van der Waals surface area contributed by atoms with Crippen molar-refractivity contribution < 1.29 is 28.0 Å². The first-order valence-electron chi connectivity index (χ1n) is 6.12. The van der Waals surface area contributed by atoms with E-state index in [4.69, 9.17) is 13.6 Å². The van der Waals surface area contributed by atoms with Gasteiger partial charge >= 0.3 is 15.3 Å². The van der Waals surface area contributed by atoms with E-state index in [0.29, 0.717) is 0 Å². The van der Waals surface area contributed by atoms with Crippen LogP contribution >= 0.6 is 0 Å². The first-order valence-corrected chi connectivity index (χ1v) is 7.88. The van der Waals surface area contributed by atoms with Gasteiger partial charge in [0.15, 0.2) is 0 Å². The SMILES string of the molecule is C=C(C)C(=O)OCC[SiH](OC(=O)CC)OC(=O)CC. The van der Waals surface area contributed by atoms with Crippen LogP contribution in [0.25, 0.3) is 0 Å². The number of ether oxygens (including phenoxy) is 1. The highest BCUT2D eigenvalue weighted by molar-refractivity contribution is 6.48. The van der Waals surface area contributed by atoms with E-state index >= 15 is 0 Å². The van der Waals surface area contributed by atoms with Crippen molar-refractivity contribution in [1.29, 1.82) is 0 Å². The predicted molar refractivity (Wildman–Crippen MR) is 70.5 cm³/mol. The quantitative estimate of drug-likeness (QED) is 0.380. The fourth-order valence-electron chi connectivity index (χ4n) is 0.973. The zero-order valence-electron chi connectivity index (χ0n) is 11.6. The van der Waals surface area contributed by atoms with Crippen LogP contribution in [0, 0.1) is 0 Å². The third kappa shape index (κ3) is 8.14. The molecule has 108 valence electrons. The summed E-state index contributed by atoms with van der Waals surface area (Å²) in [6, 6.07) is 0.233. The molecule has 0 aromatic rings. The van der Waals surface area contributed by atoms with Crippen molar-refractivity contribution >= 4 is 27.2 Å². The second-order valence-electron chi connectivity index (χ2n) is 3.82. The molecule has 0 aliphatic carbocycles. The average Bonchev–Trinajstić information content (AvgIpc) is 2.37. The van der Waals surface area contributed by atoms with E-state index in [0.717, 1.165) is 0 Å². The summed E-state index contributed by atoms with van der Waals surface area (Å²) >= 11 is 0. The largest absolute Gasteiger partial charge is 0.487 e. The van der Waals surface area contributed by atoms with Crippen molar-refractivity contribution in [3.8, 4) is 0 Å². The number of esters is 1. The van der Waals surface area contributed by atoms with E-state index in [-0.39, 0.29) is 31.1 Å². The molecule has 0 aromatic heterocycles. The summed E-state index contributed by atoms with van der Waals surface area (Å²) < 4.78 is 15.0. The number of hydrogen-bond donors (Lipinski definition) is 0. The minimum atomic E-state index is -2.48. The van der Waals surface area contributed by atoms with Crippen LogP contribution in [0.5, 0.6) is 0 Å². The van der Waals surface area contributed by atoms with Crippen LogP contribution in [0.15, 0.2) is 12.2 Å². The van der Waals surface area contributed by atoms with Crippen LogP contribution in [0.4, 0.5) is 0 Å². The maximum atomic E-state index is 11.2. The standard InChI is InChI=1S/C12H20O6Si/c1-5-10(13)17-19(18-11(14)6-2)8-7-16-12(15)9(3)4/h19H,3,5-8H2,1-2,4H3. The van der Waals surface area contributed by atoms with E-state index in [1.165, 1.54) is 6.92 Å². The minimum Gasteiger partial charge on any atom is -0.487 e. The first-order chi connectivity index (χ1) is 8.90. The lowest BCUT2D eigenvalue weighted by molar-refractivity contribution is -0.140. The van der Waals surface area contributed by atoms with Gasteiger partial charge in [-0.3, -0.25) is 9.59 Å². The molecule has 0 fully saturated rings. The Bertz CT molecular complexity index is 334. The molecular weight excluding hydrogens is 268 g/mol. The first kappa shape index (κ1) is 17.4. The van der Waals surface area contributed by atoms with Gasteiger partial charge in [0, 0.05) is 24.5 Å². The molecular formula is C12H20O6Si. The molecule has 0 aliphatic rings. The fourth-order valence-corrected chi connectivity index (χ4v) is 2.49. The third-order valence-corrected chi connectivity index (χ3v) is 3.80. The molecule has 0 bridgehead atoms. The Labute approximate surface area is 114 Å². The molecule has 0 aliphatic heterocycles. The zero-order valence-corrected chi connectivity index (χ0v) is 12.7. The lowest BCUT2D eigenvalue weighted by Crippen LogP contribution is -2.30. The monoisotopic (exact) mass is 288 g/mol. The van der Waals surface area contributed by atoms with E-state index in [1.54, 1.807) is 13.8 Å². The van der Waals surface area contributed by atoms with Crippen LogP contribution in [0.3, 0.4) is 0 Å². The molecule has 0 radical (unpaired) electrons. The van der Waals surface area contributed by atoms with Crippen molar-refractivity contribution in [3.63, 3.8) is 0 Å². The number of carbonyl (C=O) groups excluding carboxylic acids is 3. The smallest absolute Gasteiger partial charge is 0.451 e. The average molecular weight is 288 g/mol. The second-order valence-corrected chi connectivity index (χ2v) is 5.73. The van der Waals surface area contributed by atoms with Crippen molar-refractivity contribution in [2.24, 2.45) is 0 Å². The number of rotatable bonds is 8. The summed E-state index contributed by atoms with van der Waals surface area (Å²) in [6.45, 7) is 8.31. The summed E-state index contributed by atoms with van der Waals surface area (Å²) in [5.41, 5.74) is 0.286. The zero-order chi connectivity index (χ0) is 14.8. The van der Waals surface area contributed by atoms with Gasteiger partial charge in [0.2, 0.25) is 0 Å². The van der Waals surface area contributed by atoms with Crippen molar-refractivity contribution in [2.45, 2.75) is 39.7 Å². The molecule has 19 heavy (non-hydrogen) atoms. The van der Waals surface area contributed by atoms with Crippen molar-refractivity contribution in [2.75, 3.05) is 6.61 Å². The van der Waals surface area contributed by atoms with Crippen LogP contribution in [0.1, 0.15) is 33.6 Å². The molecule has 0 aromatic carbocycles. The van der Waals surface area contributed by atoms with Crippen LogP contribution < -0.4 is 0 Å². The van der Waals surface area contributed by atoms with Gasteiger partial charge in [-0.1, -0.05) is 20.4 Å². The van der Waals surface area contributed by atoms with Crippen LogP contribution in [-0.4, -0.2) is 33.8 Å². The van der Waals surface area contributed by atoms with Crippen LogP contribution in [0.2, 0.25) is 6.04 Å². The number of carbonyl (C=O) groups is 3. The van der Waals surface area contributed by atoms with Gasteiger partial charge in [0.25, 0.3) is 11.9 Å². The maximum Gasteiger partial charge on any atom is 0.451 e. The Morgan fingerprint density at radius 3 is 1.89 bits per heavy atom. The molecule has 7 heteroatoms. The van der Waals surface area contributed by atoms with Gasteiger partial charge in [-0.25, -0.2) is 4.79 Å². The summed E-state index contributed by atoms with van der Waals surface area (Å²) in [6.07, 6.45) is 0.414. The van der Waals surface area contributed by atoms with Gasteiger partial charge in [-0.15, -0.1) is 0 Å². The van der Waals surface area contributed by atoms with Gasteiger partial charge < -0.3 is 13.6 Å². The highest BCUT2D eigenvalue weighted by Gasteiger charge is 2.22. The van der Waals surface area contributed by atoms with E-state index in [1.807, 2.05) is 0 Å². The van der Waals surface area contributed by atoms with E-state index in [2.05, 4.69) is 6.58 Å². The fraction of sp³-hybridized carbons (Fsp3) is 0.583. The molecule has 0 heterocycles. The van der Waals surface area contributed by atoms with Gasteiger partial charge in [-0.2, -0.15) is 0 Å². The molecule has 0 atom stereocenters. The normalized spacial score (nSPS) is 9.89. The Morgan fingerprint density at radius 1 is 1.05 bits per heavy atom. The summed E-state index contributed by atoms with van der Waals surface area (Å²) in [4.78, 5) is 33.6. The Morgan fingerprint density at radius 2 is 1.53 bits per heavy atom. The second kappa shape index (κ2) is 9.32. The Hall–Kier alpha value is -1.63. The molecule has 0 saturated carbocycles. The summed E-state index contributed by atoms with van der Waals surface area (Å²) in [5, 5.41) is 0. The minimum absolute atomic E-state index is 0.0383. The highest BCUT2D eigenvalue weighted by Crippen LogP contribution is 2.04. The molecule has 6 nitrogen and oxygen atoms in total. The maximum absolute atomic E-state index is 11.2. The summed E-state index contributed by atoms with van der Waals surface area (Å²) in [5.74, 6) is -1.37. The molecule has 0 N–H and O–H groups in total. The van der Waals surface area contributed by atoms with E-state index < -0.39 is 27.2 Å². The topological polar surface area (TPSA) is 78.9 Å². The third-order valence-electron chi connectivity index (χ3n) is 2.04. The number of hydrogen-bond acceptors (Lipinski definition) is 6. The molecule has 0 amide bonds. The van der Waals surface area contributed by atoms with Gasteiger partial charge in [-0.05, 0) is 6.92 Å². The lowest BCUT2D eigenvalue weighted by Gasteiger charge is -2.16. The Balaban J connectivity index is 4.25. The highest BCUT2D eigenvalue weighted by atomic mass is 28.3. The Kier molecular flexibility index (Phi) is 8.52. The van der Waals surface area contributed by atoms with Crippen LogP contribution in [-0.2, 0) is 28.0 Å². The summed E-state index contributed by atoms with van der Waals surface area (Å²) in [7, 11) is -2.48. The van der Waals surface area contributed by atoms with Gasteiger partial charge in [0.1, 0.15) is 0 Å². The van der Waals surface area contributed by atoms with Crippen molar-refractivity contribution in [3.05, 3.63) is 12.2 Å². The molecule has 0 rings (SSSR count). The molecule has 0 saturated heterocycles. The lowest BCUT2D eigenvalue weighted by atomic mass is 10.4. The molecule has 0 spiro atoms. The predicted octanol–water partition coefficient (Wildman–Crippen LogP) is 1.23. The molecule has 0 unspecified atom stereocenters. The van der Waals surface area contributed by atoms with Gasteiger partial charge in [0.05, 0.1) is 6.61 Å². The van der Waals surface area contributed by atoms with E-state index in [9.17, 15) is 14.4 Å².